The Bertz CT molecular complexity index is 1720. The molecule has 0 bridgehead atoms. The molecule has 0 atom stereocenters. The van der Waals surface area contributed by atoms with Crippen molar-refractivity contribution in [2.45, 2.75) is 13.8 Å². The van der Waals surface area contributed by atoms with E-state index in [9.17, 15) is 14.4 Å². The fourth-order valence-corrected chi connectivity index (χ4v) is 8.60. The monoisotopic (exact) mass is 698 g/mol. The molecule has 5 nitrogen and oxygen atoms in total. The van der Waals surface area contributed by atoms with Crippen LogP contribution in [-0.4, -0.2) is 37.2 Å². The van der Waals surface area contributed by atoms with E-state index in [-0.39, 0.29) is 11.9 Å². The number of ether oxygens (including phenoxy) is 2. The Morgan fingerprint density at radius 2 is 1.00 bits per heavy atom. The molecule has 0 unspecified atom stereocenters. The highest BCUT2D eigenvalue weighted by atomic mass is 35.5. The van der Waals surface area contributed by atoms with Gasteiger partial charge in [-0.3, -0.25) is 4.79 Å². The molecule has 0 aliphatic carbocycles. The molecule has 0 radical (unpaired) electrons. The number of esters is 2. The minimum atomic E-state index is -2.24. The van der Waals surface area contributed by atoms with Crippen molar-refractivity contribution in [3.05, 3.63) is 167 Å². The molecule has 0 spiro atoms. The van der Waals surface area contributed by atoms with Gasteiger partial charge in [0.2, 0.25) is 0 Å². The van der Waals surface area contributed by atoms with Gasteiger partial charge in [0.15, 0.2) is 0 Å². The molecule has 0 fully saturated rings. The zero-order valence-electron chi connectivity index (χ0n) is 26.7. The van der Waals surface area contributed by atoms with E-state index in [1.165, 1.54) is 6.08 Å². The fraction of sp³-hybridized carbons (Fsp3) is 0.100. The Labute approximate surface area is 292 Å². The van der Waals surface area contributed by atoms with Crippen LogP contribution in [0.25, 0.3) is 6.08 Å². The maximum atomic E-state index is 12.5. The second kappa shape index (κ2) is 20.5. The van der Waals surface area contributed by atoms with Gasteiger partial charge < -0.3 is 9.47 Å². The van der Waals surface area contributed by atoms with Crippen molar-refractivity contribution in [2.24, 2.45) is 0 Å². The summed E-state index contributed by atoms with van der Waals surface area (Å²) in [5.41, 5.74) is 1.49. The third kappa shape index (κ3) is 11.8. The highest BCUT2D eigenvalue weighted by molar-refractivity contribution is 7.95. The normalized spacial score (nSPS) is 10.4. The number of hydrogen-bond acceptors (Lipinski definition) is 5. The third-order valence-corrected chi connectivity index (χ3v) is 11.0. The second-order valence-corrected chi connectivity index (χ2v) is 14.0. The fourth-order valence-electron chi connectivity index (χ4n) is 4.54. The van der Waals surface area contributed by atoms with Crippen LogP contribution in [0, 0.1) is 0 Å². The molecule has 5 aromatic carbocycles. The van der Waals surface area contributed by atoms with Gasteiger partial charge in [-0.15, -0.1) is 0 Å². The predicted molar refractivity (Wildman–Crippen MR) is 202 cm³/mol. The van der Waals surface area contributed by atoms with E-state index in [1.807, 2.05) is 73.7 Å². The minimum Gasteiger partial charge on any atom is -0.463 e. The van der Waals surface area contributed by atoms with Gasteiger partial charge >= 0.3 is 11.9 Å². The van der Waals surface area contributed by atoms with Crippen molar-refractivity contribution in [1.29, 1.82) is 0 Å². The van der Waals surface area contributed by atoms with Crippen molar-refractivity contribution >= 4 is 76.1 Å². The molecule has 5 rings (SSSR count). The number of hydrogen-bond donors (Lipinski definition) is 0. The zero-order valence-corrected chi connectivity index (χ0v) is 29.2. The lowest BCUT2D eigenvalue weighted by atomic mass is 10.2. The van der Waals surface area contributed by atoms with Crippen LogP contribution < -0.4 is 15.9 Å². The first kappa shape index (κ1) is 37.8. The Kier molecular flexibility index (Phi) is 16.2. The molecule has 0 saturated carbocycles. The molecule has 5 aromatic rings. The summed E-state index contributed by atoms with van der Waals surface area (Å²) in [4.78, 5) is 33.6. The predicted octanol–water partition coefficient (Wildman–Crippen LogP) is 8.41. The largest absolute Gasteiger partial charge is 0.463 e. The second-order valence-electron chi connectivity index (χ2n) is 9.92. The molecule has 0 aliphatic rings. The summed E-state index contributed by atoms with van der Waals surface area (Å²) < 4.78 is 10.0. The average Bonchev–Trinajstić information content (AvgIpc) is 3.12. The van der Waals surface area contributed by atoms with Gasteiger partial charge in [-0.25, -0.2) is 9.59 Å². The van der Waals surface area contributed by atoms with Gasteiger partial charge in [0.1, 0.15) is 6.29 Å². The number of halogens is 2. The highest BCUT2D eigenvalue weighted by Crippen LogP contribution is 2.43. The minimum absolute atomic E-state index is 0.271. The highest BCUT2D eigenvalue weighted by Gasteiger charge is 2.26. The first-order valence-electron chi connectivity index (χ1n) is 15.2. The number of carbonyl (C=O) groups excluding carboxylic acids is 3. The Morgan fingerprint density at radius 3 is 1.40 bits per heavy atom. The van der Waals surface area contributed by atoms with Crippen molar-refractivity contribution in [1.82, 2.24) is 0 Å². The quantitative estimate of drug-likeness (QED) is 0.0669. The van der Waals surface area contributed by atoms with Crippen molar-refractivity contribution in [2.75, 3.05) is 13.2 Å². The van der Waals surface area contributed by atoms with Crippen LogP contribution in [0.15, 0.2) is 146 Å². The van der Waals surface area contributed by atoms with Gasteiger partial charge in [-0.1, -0.05) is 138 Å². The van der Waals surface area contributed by atoms with E-state index in [0.717, 1.165) is 27.8 Å². The van der Waals surface area contributed by atoms with E-state index < -0.39 is 6.89 Å². The van der Waals surface area contributed by atoms with Gasteiger partial charge in [0.25, 0.3) is 0 Å². The van der Waals surface area contributed by atoms with E-state index in [0.29, 0.717) is 28.8 Å². The molecule has 8 heteroatoms. The number of carbonyl (C=O) groups is 3. The van der Waals surface area contributed by atoms with Crippen LogP contribution in [0.5, 0.6) is 0 Å². The van der Waals surface area contributed by atoms with Crippen molar-refractivity contribution in [3.8, 4) is 0 Å². The summed E-state index contributed by atoms with van der Waals surface area (Å²) in [6.45, 7) is 2.12. The van der Waals surface area contributed by atoms with Crippen molar-refractivity contribution < 1.29 is 23.9 Å². The standard InChI is InChI=1S/C22H21O2P.C11H11ClO2.C7H5ClO/c1-2-24-22(23)18-25(19-12-6-3-7-13-19,20-14-8-4-9-15-20)21-16-10-5-11-17-21;1-2-14-11(13)7-6-9-4-3-5-10(12)8-9;8-7-3-1-2-6(4-7)5-9/h3-18H,2H2,1H3;3-8H,2H2,1H3;1-5H/b;7-6+;. The van der Waals surface area contributed by atoms with Gasteiger partial charge in [0, 0.05) is 27.5 Å². The smallest absolute Gasteiger partial charge is 0.331 e. The first-order valence-corrected chi connectivity index (χ1v) is 17.8. The van der Waals surface area contributed by atoms with Crippen LogP contribution in [-0.2, 0) is 19.1 Å². The van der Waals surface area contributed by atoms with Crippen LogP contribution in [0.1, 0.15) is 29.8 Å². The topological polar surface area (TPSA) is 69.7 Å². The summed E-state index contributed by atoms with van der Waals surface area (Å²) in [6, 6.07) is 44.8. The van der Waals surface area contributed by atoms with E-state index in [1.54, 1.807) is 55.2 Å². The molecule has 0 amide bonds. The summed E-state index contributed by atoms with van der Waals surface area (Å²) >= 11 is 11.3. The summed E-state index contributed by atoms with van der Waals surface area (Å²) in [5.74, 6) is 1.19. The lowest BCUT2D eigenvalue weighted by Crippen LogP contribution is -2.29. The molecule has 0 N–H and O–H groups in total. The number of benzene rings is 5. The number of rotatable bonds is 9. The molecular formula is C40H37Cl2O5P. The molecule has 48 heavy (non-hydrogen) atoms. The molecule has 0 saturated heterocycles. The SMILES string of the molecule is CCOC(=O)/C=C/c1cccc(Cl)c1.CCOC(=O)C=P(c1ccccc1)(c1ccccc1)c1ccccc1.O=Cc1cccc(Cl)c1. The van der Waals surface area contributed by atoms with Gasteiger partial charge in [-0.05, 0) is 72.6 Å². The molecule has 246 valence electrons. The van der Waals surface area contributed by atoms with Crippen LogP contribution in [0.4, 0.5) is 0 Å². The van der Waals surface area contributed by atoms with Crippen LogP contribution >= 0.6 is 30.1 Å². The van der Waals surface area contributed by atoms with E-state index in [2.05, 4.69) is 36.4 Å². The molecule has 0 aliphatic heterocycles. The summed E-state index contributed by atoms with van der Waals surface area (Å²) in [5, 5.41) is 4.66. The lowest BCUT2D eigenvalue weighted by molar-refractivity contribution is -0.137. The zero-order chi connectivity index (χ0) is 34.6. The van der Waals surface area contributed by atoms with Crippen LogP contribution in [0.2, 0.25) is 10.0 Å². The van der Waals surface area contributed by atoms with Crippen molar-refractivity contribution in [3.63, 3.8) is 0 Å². The van der Waals surface area contributed by atoms with Gasteiger partial charge in [-0.2, -0.15) is 0 Å². The summed E-state index contributed by atoms with van der Waals surface area (Å²) in [6.07, 6.45) is 3.82. The Balaban J connectivity index is 0.000000227. The number of aldehydes is 1. The maximum Gasteiger partial charge on any atom is 0.331 e. The maximum absolute atomic E-state index is 12.5. The molecule has 0 aromatic heterocycles. The Morgan fingerprint density at radius 1 is 0.583 bits per heavy atom. The van der Waals surface area contributed by atoms with Gasteiger partial charge in [0.05, 0.1) is 13.2 Å². The molecular weight excluding hydrogens is 662 g/mol. The average molecular weight is 700 g/mol. The Hall–Kier alpha value is -4.67. The van der Waals surface area contributed by atoms with E-state index in [4.69, 9.17) is 32.7 Å². The van der Waals surface area contributed by atoms with Crippen LogP contribution in [0.3, 0.4) is 0 Å². The van der Waals surface area contributed by atoms with E-state index >= 15 is 0 Å². The first-order chi connectivity index (χ1) is 23.3. The lowest BCUT2D eigenvalue weighted by Gasteiger charge is -2.28. The molecule has 0 heterocycles. The third-order valence-electron chi connectivity index (χ3n) is 6.61. The summed E-state index contributed by atoms with van der Waals surface area (Å²) in [7, 11) is 0.